The van der Waals surface area contributed by atoms with Gasteiger partial charge in [-0.05, 0) is 48.7 Å². The highest BCUT2D eigenvalue weighted by atomic mass is 16.5. The Balaban J connectivity index is 1.69. The Morgan fingerprint density at radius 1 is 1.13 bits per heavy atom. The maximum Gasteiger partial charge on any atom is 0.317 e. The zero-order valence-corrected chi connectivity index (χ0v) is 17.7. The summed E-state index contributed by atoms with van der Waals surface area (Å²) in [4.78, 5) is 26.6. The van der Waals surface area contributed by atoms with E-state index in [1.54, 1.807) is 27.3 Å². The van der Waals surface area contributed by atoms with E-state index in [1.165, 1.54) is 0 Å². The Bertz CT molecular complexity index is 900. The predicted molar refractivity (Wildman–Crippen MR) is 115 cm³/mol. The molecule has 2 aromatic rings. The van der Waals surface area contributed by atoms with E-state index < -0.39 is 0 Å². The summed E-state index contributed by atoms with van der Waals surface area (Å²) in [6, 6.07) is 13.1. The average molecular weight is 412 g/mol. The highest BCUT2D eigenvalue weighted by Crippen LogP contribution is 2.28. The maximum absolute atomic E-state index is 12.8. The first kappa shape index (κ1) is 21.5. The number of rotatable bonds is 6. The van der Waals surface area contributed by atoms with Crippen molar-refractivity contribution in [2.45, 2.75) is 25.3 Å². The minimum atomic E-state index is -0.152. The van der Waals surface area contributed by atoms with Crippen molar-refractivity contribution < 1.29 is 19.1 Å². The summed E-state index contributed by atoms with van der Waals surface area (Å²) in [5.74, 6) is 1.48. The zero-order chi connectivity index (χ0) is 21.5. The van der Waals surface area contributed by atoms with E-state index in [0.717, 1.165) is 30.5 Å². The van der Waals surface area contributed by atoms with E-state index in [-0.39, 0.29) is 17.9 Å². The smallest absolute Gasteiger partial charge is 0.317 e. The molecule has 0 radical (unpaired) electrons. The van der Waals surface area contributed by atoms with Crippen LogP contribution in [0.1, 0.15) is 40.2 Å². The number of methoxy groups -OCH3 is 2. The molecule has 1 fully saturated rings. The average Bonchev–Trinajstić information content (AvgIpc) is 2.81. The lowest BCUT2D eigenvalue weighted by Crippen LogP contribution is -2.43. The molecule has 1 saturated heterocycles. The van der Waals surface area contributed by atoms with Crippen LogP contribution in [0, 0.1) is 0 Å². The first-order valence-corrected chi connectivity index (χ1v) is 10.1. The summed E-state index contributed by atoms with van der Waals surface area (Å²) in [5, 5.41) is 5.65. The van der Waals surface area contributed by atoms with Crippen LogP contribution in [-0.2, 0) is 6.54 Å². The number of nitrogens with one attached hydrogen (secondary N) is 2. The van der Waals surface area contributed by atoms with Crippen LogP contribution in [0.25, 0.3) is 0 Å². The van der Waals surface area contributed by atoms with Gasteiger partial charge in [0.25, 0.3) is 5.91 Å². The number of urea groups is 1. The molecule has 160 valence electrons. The molecule has 1 atom stereocenters. The van der Waals surface area contributed by atoms with Crippen molar-refractivity contribution in [3.63, 3.8) is 0 Å². The molecular formula is C23H29N3O4. The summed E-state index contributed by atoms with van der Waals surface area (Å²) in [6.45, 7) is 1.75. The van der Waals surface area contributed by atoms with Crippen LogP contribution in [-0.4, -0.2) is 51.2 Å². The lowest BCUT2D eigenvalue weighted by Gasteiger charge is -2.32. The molecule has 0 aliphatic carbocycles. The van der Waals surface area contributed by atoms with Crippen LogP contribution in [0.5, 0.6) is 11.5 Å². The Morgan fingerprint density at radius 3 is 2.70 bits per heavy atom. The van der Waals surface area contributed by atoms with Crippen molar-refractivity contribution >= 4 is 11.9 Å². The first-order chi connectivity index (χ1) is 14.5. The molecule has 2 aromatic carbocycles. The third-order valence-electron chi connectivity index (χ3n) is 5.47. The fraction of sp³-hybridized carbons (Fsp3) is 0.391. The quantitative estimate of drug-likeness (QED) is 0.765. The maximum atomic E-state index is 12.8. The summed E-state index contributed by atoms with van der Waals surface area (Å²) < 4.78 is 10.6. The molecule has 3 rings (SSSR count). The molecule has 7 heteroatoms. The second-order valence-corrected chi connectivity index (χ2v) is 7.33. The van der Waals surface area contributed by atoms with E-state index in [1.807, 2.05) is 41.3 Å². The molecule has 2 N–H and O–H groups in total. The van der Waals surface area contributed by atoms with Gasteiger partial charge in [0, 0.05) is 43.7 Å². The number of benzene rings is 2. The normalized spacial score (nSPS) is 16.0. The van der Waals surface area contributed by atoms with E-state index in [2.05, 4.69) is 10.6 Å². The van der Waals surface area contributed by atoms with Crippen molar-refractivity contribution in [1.29, 1.82) is 0 Å². The number of carbonyl (C=O) groups is 2. The van der Waals surface area contributed by atoms with Gasteiger partial charge in [-0.15, -0.1) is 0 Å². The van der Waals surface area contributed by atoms with Gasteiger partial charge in [0.05, 0.1) is 14.2 Å². The molecule has 0 spiro atoms. The second kappa shape index (κ2) is 10.0. The third-order valence-corrected chi connectivity index (χ3v) is 5.47. The Kier molecular flexibility index (Phi) is 7.17. The molecule has 30 heavy (non-hydrogen) atoms. The molecule has 3 amide bonds. The van der Waals surface area contributed by atoms with Gasteiger partial charge in [-0.3, -0.25) is 4.79 Å². The van der Waals surface area contributed by atoms with Crippen LogP contribution in [0.2, 0.25) is 0 Å². The molecule has 0 bridgehead atoms. The van der Waals surface area contributed by atoms with Crippen LogP contribution in [0.3, 0.4) is 0 Å². The number of likely N-dealkylation sites (tertiary alicyclic amines) is 1. The standard InChI is InChI=1S/C23H29N3O4/c1-24-23(28)26-11-5-8-18(15-26)16-6-4-7-17(12-16)22(27)25-14-19-13-20(29-2)9-10-21(19)30-3/h4,6-7,9-10,12-13,18H,5,8,11,14-15H2,1-3H3,(H,24,28)(H,25,27)/t18-/m0/s1. The van der Waals surface area contributed by atoms with Gasteiger partial charge < -0.3 is 25.0 Å². The van der Waals surface area contributed by atoms with E-state index in [9.17, 15) is 9.59 Å². The van der Waals surface area contributed by atoms with E-state index >= 15 is 0 Å². The van der Waals surface area contributed by atoms with Gasteiger partial charge in [0.2, 0.25) is 0 Å². The fourth-order valence-corrected chi connectivity index (χ4v) is 3.82. The van der Waals surface area contributed by atoms with Crippen molar-refractivity contribution in [1.82, 2.24) is 15.5 Å². The number of amides is 3. The van der Waals surface area contributed by atoms with Gasteiger partial charge in [0.15, 0.2) is 0 Å². The number of hydrogen-bond acceptors (Lipinski definition) is 4. The molecule has 0 aromatic heterocycles. The van der Waals surface area contributed by atoms with Crippen LogP contribution < -0.4 is 20.1 Å². The topological polar surface area (TPSA) is 79.9 Å². The number of nitrogens with zero attached hydrogens (tertiary/aromatic N) is 1. The van der Waals surface area contributed by atoms with Crippen LogP contribution in [0.4, 0.5) is 4.79 Å². The lowest BCUT2D eigenvalue weighted by molar-refractivity contribution is 0.0950. The molecule has 1 aliphatic heterocycles. The van der Waals surface area contributed by atoms with Crippen LogP contribution >= 0.6 is 0 Å². The van der Waals surface area contributed by atoms with Gasteiger partial charge in [-0.1, -0.05) is 12.1 Å². The number of piperidine rings is 1. The molecular weight excluding hydrogens is 382 g/mol. The zero-order valence-electron chi connectivity index (χ0n) is 17.7. The number of carbonyl (C=O) groups excluding carboxylic acids is 2. The minimum absolute atomic E-state index is 0.0548. The first-order valence-electron chi connectivity index (χ1n) is 10.1. The number of ether oxygens (including phenoxy) is 2. The van der Waals surface area contributed by atoms with Crippen molar-refractivity contribution in [2.24, 2.45) is 0 Å². The largest absolute Gasteiger partial charge is 0.497 e. The highest BCUT2D eigenvalue weighted by molar-refractivity contribution is 5.94. The highest BCUT2D eigenvalue weighted by Gasteiger charge is 2.24. The number of hydrogen-bond donors (Lipinski definition) is 2. The van der Waals surface area contributed by atoms with Gasteiger partial charge in [0.1, 0.15) is 11.5 Å². The lowest BCUT2D eigenvalue weighted by atomic mass is 9.89. The van der Waals surface area contributed by atoms with E-state index in [4.69, 9.17) is 9.47 Å². The Morgan fingerprint density at radius 2 is 1.97 bits per heavy atom. The third kappa shape index (κ3) is 5.03. The molecule has 7 nitrogen and oxygen atoms in total. The van der Waals surface area contributed by atoms with Crippen molar-refractivity contribution in [2.75, 3.05) is 34.4 Å². The summed E-state index contributed by atoms with van der Waals surface area (Å²) in [7, 11) is 4.85. The monoisotopic (exact) mass is 411 g/mol. The SMILES string of the molecule is CNC(=O)N1CCC[C@H](c2cccc(C(=O)NCc3cc(OC)ccc3OC)c2)C1. The molecule has 0 unspecified atom stereocenters. The van der Waals surface area contributed by atoms with Gasteiger partial charge >= 0.3 is 6.03 Å². The predicted octanol–water partition coefficient (Wildman–Crippen LogP) is 3.15. The fourth-order valence-electron chi connectivity index (χ4n) is 3.82. The van der Waals surface area contributed by atoms with Gasteiger partial charge in [-0.25, -0.2) is 4.79 Å². The Labute approximate surface area is 177 Å². The van der Waals surface area contributed by atoms with Crippen molar-refractivity contribution in [3.8, 4) is 11.5 Å². The summed E-state index contributed by atoms with van der Waals surface area (Å²) in [5.41, 5.74) is 2.52. The summed E-state index contributed by atoms with van der Waals surface area (Å²) in [6.07, 6.45) is 1.95. The molecule has 1 aliphatic rings. The Hall–Kier alpha value is -3.22. The van der Waals surface area contributed by atoms with Gasteiger partial charge in [-0.2, -0.15) is 0 Å². The second-order valence-electron chi connectivity index (χ2n) is 7.33. The van der Waals surface area contributed by atoms with E-state index in [0.29, 0.717) is 30.2 Å². The minimum Gasteiger partial charge on any atom is -0.497 e. The molecule has 1 heterocycles. The van der Waals surface area contributed by atoms with Crippen LogP contribution in [0.15, 0.2) is 42.5 Å². The molecule has 0 saturated carbocycles. The summed E-state index contributed by atoms with van der Waals surface area (Å²) >= 11 is 0. The van der Waals surface area contributed by atoms with Crippen molar-refractivity contribution in [3.05, 3.63) is 59.2 Å².